The Labute approximate surface area is 74.8 Å². The van der Waals surface area contributed by atoms with E-state index in [0.717, 1.165) is 19.5 Å². The zero-order valence-electron chi connectivity index (χ0n) is 8.08. The van der Waals surface area contributed by atoms with Gasteiger partial charge >= 0.3 is 0 Å². The molecule has 72 valence electrons. The molecule has 0 spiro atoms. The number of rotatable bonds is 2. The Bertz CT molecular complexity index is 130. The maximum atomic E-state index is 8.84. The van der Waals surface area contributed by atoms with Crippen LogP contribution in [-0.4, -0.2) is 48.8 Å². The first-order valence-corrected chi connectivity index (χ1v) is 4.78. The fourth-order valence-electron chi connectivity index (χ4n) is 1.65. The second kappa shape index (κ2) is 4.80. The van der Waals surface area contributed by atoms with Crippen molar-refractivity contribution in [1.29, 1.82) is 0 Å². The number of aliphatic hydroxyl groups excluding tert-OH is 1. The summed E-state index contributed by atoms with van der Waals surface area (Å²) in [7, 11) is 2.14. The number of hydrogen-bond acceptors (Lipinski definition) is 3. The third-order valence-corrected chi connectivity index (χ3v) is 2.70. The molecule has 0 aromatic rings. The minimum atomic E-state index is 0.297. The minimum absolute atomic E-state index is 0.297. The zero-order valence-corrected chi connectivity index (χ0v) is 8.08. The van der Waals surface area contributed by atoms with E-state index >= 15 is 0 Å². The van der Waals surface area contributed by atoms with Gasteiger partial charge in [-0.15, -0.1) is 0 Å². The van der Waals surface area contributed by atoms with E-state index in [0.29, 0.717) is 18.7 Å². The normalized spacial score (nSPS) is 33.2. The molecule has 0 radical (unpaired) electrons. The molecule has 0 amide bonds. The van der Waals surface area contributed by atoms with E-state index in [-0.39, 0.29) is 0 Å². The summed E-state index contributed by atoms with van der Waals surface area (Å²) in [6.07, 6.45) is 2.09. The third-order valence-electron chi connectivity index (χ3n) is 2.70. The Morgan fingerprint density at radius 2 is 2.33 bits per heavy atom. The van der Waals surface area contributed by atoms with Gasteiger partial charge in [-0.25, -0.2) is 0 Å². The minimum Gasteiger partial charge on any atom is -0.396 e. The molecular weight excluding hydrogens is 152 g/mol. The van der Waals surface area contributed by atoms with Crippen LogP contribution in [0.5, 0.6) is 0 Å². The molecule has 1 aliphatic heterocycles. The molecule has 0 bridgehead atoms. The molecule has 2 N–H and O–H groups in total. The van der Waals surface area contributed by atoms with Gasteiger partial charge < -0.3 is 15.3 Å². The lowest BCUT2D eigenvalue weighted by atomic mass is 10.2. The predicted octanol–water partition coefficient (Wildman–Crippen LogP) is 0.0510. The largest absolute Gasteiger partial charge is 0.396 e. The van der Waals surface area contributed by atoms with Crippen LogP contribution < -0.4 is 5.32 Å². The number of hydrogen-bond donors (Lipinski definition) is 2. The molecule has 1 heterocycles. The fraction of sp³-hybridized carbons (Fsp3) is 1.00. The van der Waals surface area contributed by atoms with Crippen molar-refractivity contribution in [2.45, 2.75) is 31.8 Å². The molecule has 0 aromatic heterocycles. The van der Waals surface area contributed by atoms with Crippen LogP contribution in [0.15, 0.2) is 0 Å². The van der Waals surface area contributed by atoms with Crippen LogP contribution >= 0.6 is 0 Å². The Balaban J connectivity index is 2.38. The molecule has 3 heteroatoms. The van der Waals surface area contributed by atoms with Crippen LogP contribution in [-0.2, 0) is 0 Å². The molecule has 1 rings (SSSR count). The molecule has 1 aliphatic rings. The monoisotopic (exact) mass is 172 g/mol. The molecule has 3 nitrogen and oxygen atoms in total. The van der Waals surface area contributed by atoms with E-state index in [9.17, 15) is 0 Å². The maximum Gasteiger partial charge on any atom is 0.0446 e. The molecule has 0 saturated carbocycles. The highest BCUT2D eigenvalue weighted by atomic mass is 16.3. The van der Waals surface area contributed by atoms with Crippen molar-refractivity contribution >= 4 is 0 Å². The number of nitrogens with zero attached hydrogens (tertiary/aromatic N) is 1. The molecule has 1 fully saturated rings. The lowest BCUT2D eigenvalue weighted by molar-refractivity contribution is 0.194. The van der Waals surface area contributed by atoms with E-state index < -0.39 is 0 Å². The molecule has 1 saturated heterocycles. The smallest absolute Gasteiger partial charge is 0.0446 e. The fourth-order valence-corrected chi connectivity index (χ4v) is 1.65. The molecule has 2 atom stereocenters. The van der Waals surface area contributed by atoms with Crippen molar-refractivity contribution in [2.24, 2.45) is 0 Å². The van der Waals surface area contributed by atoms with E-state index in [1.54, 1.807) is 0 Å². The average molecular weight is 172 g/mol. The van der Waals surface area contributed by atoms with Gasteiger partial charge in [-0.1, -0.05) is 0 Å². The van der Waals surface area contributed by atoms with Crippen LogP contribution in [0.2, 0.25) is 0 Å². The standard InChI is InChI=1S/C9H20N2O/c1-8-3-5-11(2)9(4-6-12)7-10-8/h8-10,12H,3-7H2,1-2H3. The van der Waals surface area contributed by atoms with E-state index in [1.165, 1.54) is 6.42 Å². The Morgan fingerprint density at radius 1 is 1.58 bits per heavy atom. The van der Waals surface area contributed by atoms with Crippen LogP contribution in [0.3, 0.4) is 0 Å². The third kappa shape index (κ3) is 2.73. The highest BCUT2D eigenvalue weighted by molar-refractivity contribution is 4.78. The SMILES string of the molecule is CC1CCN(C)C(CCO)CN1. The number of aliphatic hydroxyl groups is 1. The van der Waals surface area contributed by atoms with Gasteiger partial charge in [0.25, 0.3) is 0 Å². The summed E-state index contributed by atoms with van der Waals surface area (Å²) in [6, 6.07) is 1.14. The van der Waals surface area contributed by atoms with Gasteiger partial charge in [-0.05, 0) is 33.4 Å². The van der Waals surface area contributed by atoms with E-state index in [2.05, 4.69) is 24.2 Å². The molecule has 2 unspecified atom stereocenters. The van der Waals surface area contributed by atoms with E-state index in [4.69, 9.17) is 5.11 Å². The van der Waals surface area contributed by atoms with Crippen molar-refractivity contribution in [2.75, 3.05) is 26.7 Å². The Kier molecular flexibility index (Phi) is 3.98. The summed E-state index contributed by atoms with van der Waals surface area (Å²) in [6.45, 7) is 4.66. The lowest BCUT2D eigenvalue weighted by Gasteiger charge is -2.24. The first kappa shape index (κ1) is 9.96. The van der Waals surface area contributed by atoms with Gasteiger partial charge in [0.1, 0.15) is 0 Å². The molecule has 0 aromatic carbocycles. The summed E-state index contributed by atoms with van der Waals surface area (Å²) >= 11 is 0. The Hall–Kier alpha value is -0.120. The summed E-state index contributed by atoms with van der Waals surface area (Å²) < 4.78 is 0. The van der Waals surface area contributed by atoms with Crippen molar-refractivity contribution in [3.8, 4) is 0 Å². The van der Waals surface area contributed by atoms with Gasteiger partial charge in [0.2, 0.25) is 0 Å². The topological polar surface area (TPSA) is 35.5 Å². The van der Waals surface area contributed by atoms with Gasteiger partial charge in [-0.2, -0.15) is 0 Å². The summed E-state index contributed by atoms with van der Waals surface area (Å²) in [5.41, 5.74) is 0. The second-order valence-electron chi connectivity index (χ2n) is 3.74. The van der Waals surface area contributed by atoms with Gasteiger partial charge in [-0.3, -0.25) is 0 Å². The van der Waals surface area contributed by atoms with Gasteiger partial charge in [0.05, 0.1) is 0 Å². The van der Waals surface area contributed by atoms with Crippen molar-refractivity contribution in [3.63, 3.8) is 0 Å². The summed E-state index contributed by atoms with van der Waals surface area (Å²) in [4.78, 5) is 2.34. The van der Waals surface area contributed by atoms with Crippen LogP contribution in [0.25, 0.3) is 0 Å². The van der Waals surface area contributed by atoms with Crippen molar-refractivity contribution in [3.05, 3.63) is 0 Å². The van der Waals surface area contributed by atoms with E-state index in [1.807, 2.05) is 0 Å². The van der Waals surface area contributed by atoms with Crippen molar-refractivity contribution in [1.82, 2.24) is 10.2 Å². The first-order chi connectivity index (χ1) is 5.74. The van der Waals surface area contributed by atoms with Crippen LogP contribution in [0.1, 0.15) is 19.8 Å². The quantitative estimate of drug-likeness (QED) is 0.618. The predicted molar refractivity (Wildman–Crippen MR) is 50.2 cm³/mol. The van der Waals surface area contributed by atoms with Gasteiger partial charge in [0, 0.05) is 25.2 Å². The number of nitrogens with one attached hydrogen (secondary N) is 1. The van der Waals surface area contributed by atoms with Crippen molar-refractivity contribution < 1.29 is 5.11 Å². The summed E-state index contributed by atoms with van der Waals surface area (Å²) in [5, 5.41) is 12.3. The summed E-state index contributed by atoms with van der Waals surface area (Å²) in [5.74, 6) is 0. The van der Waals surface area contributed by atoms with Gasteiger partial charge in [0.15, 0.2) is 0 Å². The zero-order chi connectivity index (χ0) is 8.97. The number of likely N-dealkylation sites (N-methyl/N-ethyl adjacent to an activating group) is 1. The van der Waals surface area contributed by atoms with Crippen LogP contribution in [0, 0.1) is 0 Å². The second-order valence-corrected chi connectivity index (χ2v) is 3.74. The molecular formula is C9H20N2O. The maximum absolute atomic E-state index is 8.84. The highest BCUT2D eigenvalue weighted by Gasteiger charge is 2.18. The average Bonchev–Trinajstić information content (AvgIpc) is 2.20. The van der Waals surface area contributed by atoms with Crippen LogP contribution in [0.4, 0.5) is 0 Å². The Morgan fingerprint density at radius 3 is 3.00 bits per heavy atom. The molecule has 0 aliphatic carbocycles. The highest BCUT2D eigenvalue weighted by Crippen LogP contribution is 2.07. The lowest BCUT2D eigenvalue weighted by Crippen LogP contribution is -2.38. The molecule has 12 heavy (non-hydrogen) atoms. The first-order valence-electron chi connectivity index (χ1n) is 4.78.